The summed E-state index contributed by atoms with van der Waals surface area (Å²) in [7, 11) is 0. The van der Waals surface area contributed by atoms with Gasteiger partial charge in [0.2, 0.25) is 11.8 Å². The topological polar surface area (TPSA) is 132 Å². The Morgan fingerprint density at radius 1 is 0.683 bits per heavy atom. The zero-order valence-electron chi connectivity index (χ0n) is 22.3. The van der Waals surface area contributed by atoms with E-state index in [2.05, 4.69) is 10.2 Å². The molecule has 2 aromatic heterocycles. The van der Waals surface area contributed by atoms with Gasteiger partial charge in [-0.25, -0.2) is 10.0 Å². The van der Waals surface area contributed by atoms with Crippen LogP contribution in [0.1, 0.15) is 61.4 Å². The van der Waals surface area contributed by atoms with E-state index in [-0.39, 0.29) is 52.2 Å². The molecule has 2 atom stereocenters. The van der Waals surface area contributed by atoms with Crippen molar-refractivity contribution >= 4 is 23.2 Å². The fourth-order valence-corrected chi connectivity index (χ4v) is 4.77. The van der Waals surface area contributed by atoms with Crippen LogP contribution in [-0.4, -0.2) is 43.5 Å². The van der Waals surface area contributed by atoms with Gasteiger partial charge in [-0.15, -0.1) is 0 Å². The van der Waals surface area contributed by atoms with Crippen molar-refractivity contribution in [3.63, 3.8) is 0 Å². The number of rotatable bonds is 4. The minimum absolute atomic E-state index is 0. The van der Waals surface area contributed by atoms with E-state index in [9.17, 15) is 19.8 Å². The van der Waals surface area contributed by atoms with E-state index in [0.717, 1.165) is 0 Å². The van der Waals surface area contributed by atoms with Crippen LogP contribution in [0.15, 0.2) is 104 Å². The van der Waals surface area contributed by atoms with Gasteiger partial charge in [-0.05, 0) is 48.5 Å². The van der Waals surface area contributed by atoms with Crippen LogP contribution in [0.25, 0.3) is 0 Å². The van der Waals surface area contributed by atoms with E-state index in [1.165, 1.54) is 23.9 Å². The number of hydrogen-bond donors (Lipinski definition) is 2. The van der Waals surface area contributed by atoms with Gasteiger partial charge in [-0.1, -0.05) is 24.3 Å². The molecule has 41 heavy (non-hydrogen) atoms. The van der Waals surface area contributed by atoms with Crippen LogP contribution in [0.2, 0.25) is 0 Å². The number of phenolic OH excluding ortho intramolecular Hbond substituents is 2. The Morgan fingerprint density at radius 2 is 1.07 bits per heavy atom. The number of phenols is 2. The molecular formula is C30H28CoN4O6. The van der Waals surface area contributed by atoms with E-state index < -0.39 is 0 Å². The Balaban J connectivity index is 0.000000184. The summed E-state index contributed by atoms with van der Waals surface area (Å²) in [4.78, 5) is 23.5. The molecule has 2 N–H and O–H groups in total. The molecular weight excluding hydrogens is 571 g/mol. The molecule has 0 bridgehead atoms. The molecule has 2 aliphatic rings. The van der Waals surface area contributed by atoms with Gasteiger partial charge in [0.25, 0.3) is 0 Å². The normalized spacial score (nSPS) is 17.7. The first-order chi connectivity index (χ1) is 19.3. The molecule has 213 valence electrons. The quantitative estimate of drug-likeness (QED) is 0.325. The SMILES string of the molecule is CC(=O)N1N=C(c2ccccc2O)CC1c1ccco1.CC(=O)N1N=C(c2ccccc2O)CC1c1ccco1.[Co]. The number of carbonyl (C=O) groups is 2. The van der Waals surface area contributed by atoms with Crippen molar-refractivity contribution in [3.8, 4) is 11.5 Å². The van der Waals surface area contributed by atoms with Gasteiger partial charge in [0.05, 0.1) is 23.9 Å². The van der Waals surface area contributed by atoms with Crippen molar-refractivity contribution < 1.29 is 45.4 Å². The van der Waals surface area contributed by atoms with Crippen LogP contribution in [-0.2, 0) is 26.4 Å². The number of carbonyl (C=O) groups excluding carboxylic acids is 2. The summed E-state index contributed by atoms with van der Waals surface area (Å²) in [5.74, 6) is 1.39. The summed E-state index contributed by atoms with van der Waals surface area (Å²) in [5.41, 5.74) is 2.65. The summed E-state index contributed by atoms with van der Waals surface area (Å²) >= 11 is 0. The molecule has 2 amide bonds. The molecule has 2 aromatic carbocycles. The summed E-state index contributed by atoms with van der Waals surface area (Å²) in [6, 6.07) is 20.7. The van der Waals surface area contributed by atoms with Crippen molar-refractivity contribution in [2.45, 2.75) is 38.8 Å². The van der Waals surface area contributed by atoms with Crippen molar-refractivity contribution in [2.75, 3.05) is 0 Å². The van der Waals surface area contributed by atoms with Gasteiger partial charge in [0.1, 0.15) is 35.1 Å². The van der Waals surface area contributed by atoms with Crippen LogP contribution in [0.4, 0.5) is 0 Å². The summed E-state index contributed by atoms with van der Waals surface area (Å²) < 4.78 is 10.8. The first kappa shape index (κ1) is 29.4. The monoisotopic (exact) mass is 599 g/mol. The van der Waals surface area contributed by atoms with E-state index >= 15 is 0 Å². The number of benzene rings is 2. The summed E-state index contributed by atoms with van der Waals surface area (Å²) in [6.45, 7) is 2.93. The number of furan rings is 2. The second-order valence-electron chi connectivity index (χ2n) is 9.33. The van der Waals surface area contributed by atoms with Crippen molar-refractivity contribution in [2.24, 2.45) is 10.2 Å². The third-order valence-electron chi connectivity index (χ3n) is 6.64. The molecule has 4 aromatic rings. The fraction of sp³-hybridized carbons (Fsp3) is 0.200. The first-order valence-corrected chi connectivity index (χ1v) is 12.7. The van der Waals surface area contributed by atoms with Gasteiger partial charge < -0.3 is 19.0 Å². The maximum atomic E-state index is 11.7. The minimum Gasteiger partial charge on any atom is -0.507 e. The molecule has 0 saturated carbocycles. The maximum Gasteiger partial charge on any atom is 0.240 e. The standard InChI is InChI=1S/2C15H14N2O3.Co/c2*1-10(18)17-13(15-7-4-8-20-15)9-12(16-17)11-5-2-3-6-14(11)19;/h2*2-8,13,19H,9H2,1H3;. The molecule has 10 nitrogen and oxygen atoms in total. The minimum atomic E-state index is -0.253. The van der Waals surface area contributed by atoms with E-state index in [0.29, 0.717) is 46.9 Å². The largest absolute Gasteiger partial charge is 0.507 e. The van der Waals surface area contributed by atoms with Crippen LogP contribution in [0, 0.1) is 0 Å². The fourth-order valence-electron chi connectivity index (χ4n) is 4.77. The smallest absolute Gasteiger partial charge is 0.240 e. The Kier molecular flexibility index (Phi) is 9.10. The number of nitrogens with zero attached hydrogens (tertiary/aromatic N) is 4. The number of amides is 2. The number of hydrazone groups is 2. The number of para-hydroxylation sites is 2. The van der Waals surface area contributed by atoms with Crippen LogP contribution in [0.5, 0.6) is 11.5 Å². The van der Waals surface area contributed by atoms with E-state index in [1.54, 1.807) is 61.1 Å². The van der Waals surface area contributed by atoms with Gasteiger partial charge >= 0.3 is 0 Å². The van der Waals surface area contributed by atoms with Crippen LogP contribution >= 0.6 is 0 Å². The van der Waals surface area contributed by atoms with Crippen LogP contribution < -0.4 is 0 Å². The molecule has 6 rings (SSSR count). The van der Waals surface area contributed by atoms with Crippen molar-refractivity contribution in [3.05, 3.63) is 108 Å². The number of hydrogen-bond acceptors (Lipinski definition) is 8. The molecule has 4 heterocycles. The average Bonchev–Trinajstić information content (AvgIpc) is 3.74. The molecule has 0 saturated heterocycles. The predicted octanol–water partition coefficient (Wildman–Crippen LogP) is 5.36. The third-order valence-corrected chi connectivity index (χ3v) is 6.64. The zero-order valence-corrected chi connectivity index (χ0v) is 23.3. The van der Waals surface area contributed by atoms with Gasteiger partial charge in [0, 0.05) is 54.6 Å². The summed E-state index contributed by atoms with van der Waals surface area (Å²) in [5, 5.41) is 31.3. The average molecular weight is 600 g/mol. The molecule has 0 spiro atoms. The Bertz CT molecular complexity index is 1450. The first-order valence-electron chi connectivity index (χ1n) is 12.7. The van der Waals surface area contributed by atoms with Crippen molar-refractivity contribution in [1.29, 1.82) is 0 Å². The third kappa shape index (κ3) is 6.26. The molecule has 2 aliphatic heterocycles. The van der Waals surface area contributed by atoms with Crippen LogP contribution in [0.3, 0.4) is 0 Å². The van der Waals surface area contributed by atoms with Crippen molar-refractivity contribution in [1.82, 2.24) is 10.0 Å². The zero-order chi connectivity index (χ0) is 28.2. The second kappa shape index (κ2) is 12.7. The predicted molar refractivity (Wildman–Crippen MR) is 146 cm³/mol. The molecule has 0 aliphatic carbocycles. The van der Waals surface area contributed by atoms with Gasteiger partial charge in [-0.2, -0.15) is 10.2 Å². The number of aromatic hydroxyl groups is 2. The van der Waals surface area contributed by atoms with Gasteiger partial charge in [-0.3, -0.25) is 9.59 Å². The summed E-state index contributed by atoms with van der Waals surface area (Å²) in [6.07, 6.45) is 4.19. The van der Waals surface area contributed by atoms with E-state index in [1.807, 2.05) is 24.3 Å². The Hall–Kier alpha value is -4.61. The molecule has 2 unspecified atom stereocenters. The molecule has 0 fully saturated rings. The van der Waals surface area contributed by atoms with Gasteiger partial charge in [0.15, 0.2) is 0 Å². The Labute approximate surface area is 246 Å². The molecule has 1 radical (unpaired) electrons. The second-order valence-corrected chi connectivity index (χ2v) is 9.33. The Morgan fingerprint density at radius 3 is 1.39 bits per heavy atom. The maximum absolute atomic E-state index is 11.7. The van der Waals surface area contributed by atoms with E-state index in [4.69, 9.17) is 8.83 Å². The molecule has 11 heteroatoms.